The Morgan fingerprint density at radius 3 is 2.58 bits per heavy atom. The first-order valence-corrected chi connectivity index (χ1v) is 9.68. The first-order valence-electron chi connectivity index (χ1n) is 8.69. The second kappa shape index (κ2) is 9.72. The Morgan fingerprint density at radius 2 is 1.88 bits per heavy atom. The first kappa shape index (κ1) is 18.8. The molecule has 132 valence electrons. The van der Waals surface area contributed by atoms with E-state index < -0.39 is 0 Å². The average molecular weight is 349 g/mol. The lowest BCUT2D eigenvalue weighted by molar-refractivity contribution is -0.146. The number of thioether (sulfide) groups is 1. The molecule has 1 aliphatic carbocycles. The molecular weight excluding hydrogens is 322 g/mol. The van der Waals surface area contributed by atoms with Crippen LogP contribution in [0.1, 0.15) is 49.7 Å². The lowest BCUT2D eigenvalue weighted by Gasteiger charge is -2.16. The van der Waals surface area contributed by atoms with Crippen LogP contribution in [0.2, 0.25) is 0 Å². The van der Waals surface area contributed by atoms with Gasteiger partial charge in [0.05, 0.1) is 5.75 Å². The maximum atomic E-state index is 11.9. The Hall–Kier alpha value is -1.49. The molecule has 0 radical (unpaired) electrons. The fourth-order valence-corrected chi connectivity index (χ4v) is 3.80. The molecule has 1 aromatic carbocycles. The van der Waals surface area contributed by atoms with Crippen LogP contribution >= 0.6 is 11.8 Å². The van der Waals surface area contributed by atoms with E-state index in [0.717, 1.165) is 36.1 Å². The quantitative estimate of drug-likeness (QED) is 0.482. The molecule has 5 heteroatoms. The largest absolute Gasteiger partial charge is 0.455 e. The molecule has 0 heterocycles. The fourth-order valence-electron chi connectivity index (χ4n) is 2.88. The Labute approximate surface area is 148 Å². The molecular formula is C19H27NO3S. The van der Waals surface area contributed by atoms with Gasteiger partial charge in [0, 0.05) is 10.9 Å². The number of carbonyl (C=O) groups excluding carboxylic acids is 2. The number of carbonyl (C=O) groups is 2. The van der Waals surface area contributed by atoms with E-state index in [4.69, 9.17) is 4.74 Å². The van der Waals surface area contributed by atoms with Gasteiger partial charge in [0.15, 0.2) is 6.61 Å². The van der Waals surface area contributed by atoms with Crippen molar-refractivity contribution in [3.8, 4) is 0 Å². The Morgan fingerprint density at radius 1 is 1.17 bits per heavy atom. The first-order chi connectivity index (χ1) is 11.5. The zero-order valence-corrected chi connectivity index (χ0v) is 15.4. The van der Waals surface area contributed by atoms with E-state index in [1.54, 1.807) is 0 Å². The second-order valence-electron chi connectivity index (χ2n) is 6.47. The number of hydrogen-bond donors (Lipinski definition) is 1. The van der Waals surface area contributed by atoms with Crippen molar-refractivity contribution >= 4 is 23.6 Å². The van der Waals surface area contributed by atoms with Crippen molar-refractivity contribution < 1.29 is 14.3 Å². The van der Waals surface area contributed by atoms with Crippen LogP contribution in [0.4, 0.5) is 0 Å². The highest BCUT2D eigenvalue weighted by Crippen LogP contribution is 2.23. The molecule has 0 saturated heterocycles. The van der Waals surface area contributed by atoms with E-state index in [-0.39, 0.29) is 30.3 Å². The van der Waals surface area contributed by atoms with Crippen molar-refractivity contribution in [1.82, 2.24) is 5.32 Å². The zero-order chi connectivity index (χ0) is 17.4. The van der Waals surface area contributed by atoms with Gasteiger partial charge in [0.25, 0.3) is 5.91 Å². The van der Waals surface area contributed by atoms with Crippen molar-refractivity contribution in [3.63, 3.8) is 0 Å². The van der Waals surface area contributed by atoms with Crippen molar-refractivity contribution in [2.75, 3.05) is 12.4 Å². The summed E-state index contributed by atoms with van der Waals surface area (Å²) in [5.41, 5.74) is 2.31. The lowest BCUT2D eigenvalue weighted by Crippen LogP contribution is -2.37. The molecule has 1 amide bonds. The molecule has 1 aliphatic rings. The predicted octanol–water partition coefficient (Wildman–Crippen LogP) is 3.78. The number of hydrogen-bond acceptors (Lipinski definition) is 4. The summed E-state index contributed by atoms with van der Waals surface area (Å²) in [7, 11) is 0. The Kier molecular flexibility index (Phi) is 7.63. The fraction of sp³-hybridized carbons (Fsp3) is 0.579. The monoisotopic (exact) mass is 349 g/mol. The van der Waals surface area contributed by atoms with Crippen molar-refractivity contribution in [2.24, 2.45) is 0 Å². The number of esters is 1. The summed E-state index contributed by atoms with van der Waals surface area (Å²) in [5, 5.41) is 2.98. The Balaban J connectivity index is 1.68. The molecule has 2 rings (SSSR count). The summed E-state index contributed by atoms with van der Waals surface area (Å²) < 4.78 is 5.10. The summed E-state index contributed by atoms with van der Waals surface area (Å²) in [5.74, 6) is -0.315. The minimum atomic E-state index is -0.350. The van der Waals surface area contributed by atoms with Crippen molar-refractivity contribution in [3.05, 3.63) is 29.3 Å². The summed E-state index contributed by atoms with van der Waals surface area (Å²) in [6.45, 7) is 3.87. The number of aryl methyl sites for hydroxylation is 2. The number of benzene rings is 1. The smallest absolute Gasteiger partial charge is 0.316 e. The highest BCUT2D eigenvalue weighted by molar-refractivity contribution is 8.00. The number of nitrogens with one attached hydrogen (secondary N) is 1. The summed E-state index contributed by atoms with van der Waals surface area (Å²) in [6.07, 6.45) is 6.88. The van der Waals surface area contributed by atoms with Gasteiger partial charge in [-0.2, -0.15) is 0 Å². The van der Waals surface area contributed by atoms with E-state index in [1.165, 1.54) is 30.2 Å². The molecule has 1 fully saturated rings. The molecule has 1 aromatic rings. The molecule has 1 N–H and O–H groups in total. The maximum absolute atomic E-state index is 11.9. The minimum Gasteiger partial charge on any atom is -0.455 e. The van der Waals surface area contributed by atoms with E-state index in [1.807, 2.05) is 19.9 Å². The standard InChI is InChI=1S/C19H27NO3S/c1-14-9-10-15(2)17(11-14)24-13-19(22)23-12-18(21)20-16-7-5-3-4-6-8-16/h9-11,16H,3-8,12-13H2,1-2H3,(H,20,21). The number of ether oxygens (including phenoxy) is 1. The van der Waals surface area contributed by atoms with Gasteiger partial charge in [-0.3, -0.25) is 9.59 Å². The number of rotatable bonds is 6. The third-order valence-corrected chi connectivity index (χ3v) is 5.40. The van der Waals surface area contributed by atoms with E-state index in [0.29, 0.717) is 0 Å². The van der Waals surface area contributed by atoms with E-state index in [9.17, 15) is 9.59 Å². The molecule has 24 heavy (non-hydrogen) atoms. The normalized spacial score (nSPS) is 15.6. The van der Waals surface area contributed by atoms with Gasteiger partial charge in [-0.15, -0.1) is 11.8 Å². The third kappa shape index (κ3) is 6.56. The van der Waals surface area contributed by atoms with Crippen LogP contribution in [0.25, 0.3) is 0 Å². The summed E-state index contributed by atoms with van der Waals surface area (Å²) in [4.78, 5) is 24.8. The van der Waals surface area contributed by atoms with Gasteiger partial charge < -0.3 is 10.1 Å². The van der Waals surface area contributed by atoms with Crippen LogP contribution in [0.3, 0.4) is 0 Å². The molecule has 4 nitrogen and oxygen atoms in total. The molecule has 0 atom stereocenters. The van der Waals surface area contributed by atoms with E-state index >= 15 is 0 Å². The summed E-state index contributed by atoms with van der Waals surface area (Å²) in [6, 6.07) is 6.40. The van der Waals surface area contributed by atoms with Crippen LogP contribution in [0, 0.1) is 13.8 Å². The topological polar surface area (TPSA) is 55.4 Å². The molecule has 1 saturated carbocycles. The minimum absolute atomic E-state index is 0.178. The molecule has 0 bridgehead atoms. The highest BCUT2D eigenvalue weighted by atomic mass is 32.2. The summed E-state index contributed by atoms with van der Waals surface area (Å²) >= 11 is 1.45. The highest BCUT2D eigenvalue weighted by Gasteiger charge is 2.16. The van der Waals surface area contributed by atoms with Gasteiger partial charge in [0.2, 0.25) is 0 Å². The lowest BCUT2D eigenvalue weighted by atomic mass is 10.1. The van der Waals surface area contributed by atoms with Crippen LogP contribution in [-0.4, -0.2) is 30.3 Å². The van der Waals surface area contributed by atoms with Gasteiger partial charge in [-0.1, -0.05) is 43.4 Å². The van der Waals surface area contributed by atoms with Crippen molar-refractivity contribution in [2.45, 2.75) is 63.3 Å². The maximum Gasteiger partial charge on any atom is 0.316 e. The van der Waals surface area contributed by atoms with Gasteiger partial charge in [0.1, 0.15) is 0 Å². The molecule has 0 aromatic heterocycles. The zero-order valence-electron chi connectivity index (χ0n) is 14.6. The van der Waals surface area contributed by atoms with Crippen LogP contribution in [0.5, 0.6) is 0 Å². The van der Waals surface area contributed by atoms with Gasteiger partial charge in [-0.25, -0.2) is 0 Å². The van der Waals surface area contributed by atoms with Gasteiger partial charge in [-0.05, 0) is 38.3 Å². The average Bonchev–Trinajstić information content (AvgIpc) is 2.82. The Bertz CT molecular complexity index is 566. The third-order valence-electron chi connectivity index (χ3n) is 4.27. The molecule has 0 aliphatic heterocycles. The second-order valence-corrected chi connectivity index (χ2v) is 7.49. The van der Waals surface area contributed by atoms with Crippen LogP contribution in [0.15, 0.2) is 23.1 Å². The van der Waals surface area contributed by atoms with E-state index in [2.05, 4.69) is 17.4 Å². The molecule has 0 spiro atoms. The SMILES string of the molecule is Cc1ccc(C)c(SCC(=O)OCC(=O)NC2CCCCCC2)c1. The predicted molar refractivity (Wildman–Crippen MR) is 97.2 cm³/mol. The van der Waals surface area contributed by atoms with Crippen molar-refractivity contribution in [1.29, 1.82) is 0 Å². The van der Waals surface area contributed by atoms with Crippen LogP contribution in [-0.2, 0) is 14.3 Å². The van der Waals surface area contributed by atoms with Crippen LogP contribution < -0.4 is 5.32 Å². The molecule has 0 unspecified atom stereocenters. The number of amides is 1. The van der Waals surface area contributed by atoms with Gasteiger partial charge >= 0.3 is 5.97 Å².